The Bertz CT molecular complexity index is 1350. The predicted molar refractivity (Wildman–Crippen MR) is 171 cm³/mol. The lowest BCUT2D eigenvalue weighted by molar-refractivity contribution is -0.138. The maximum atomic E-state index is 15.6. The van der Waals surface area contributed by atoms with Crippen LogP contribution in [0.25, 0.3) is 0 Å². The van der Waals surface area contributed by atoms with Crippen LogP contribution in [-0.4, -0.2) is 63.5 Å². The maximum Gasteiger partial charge on any atom is 0.270 e. The van der Waals surface area contributed by atoms with E-state index in [1.807, 2.05) is 6.92 Å². The zero-order chi connectivity index (χ0) is 32.7. The summed E-state index contributed by atoms with van der Waals surface area (Å²) in [5.74, 6) is -1.45. The molecule has 2 fully saturated rings. The highest BCUT2D eigenvalue weighted by molar-refractivity contribution is 6.00. The quantitative estimate of drug-likeness (QED) is 0.329. The van der Waals surface area contributed by atoms with Crippen LogP contribution in [0.4, 0.5) is 10.1 Å². The second kappa shape index (κ2) is 15.5. The van der Waals surface area contributed by atoms with Crippen molar-refractivity contribution in [1.29, 1.82) is 0 Å². The van der Waals surface area contributed by atoms with Crippen molar-refractivity contribution in [3.05, 3.63) is 47.5 Å². The number of carbonyl (C=O) groups is 4. The molecule has 1 aromatic heterocycles. The molecular formula is C34H49FN6O4. The lowest BCUT2D eigenvalue weighted by atomic mass is 9.79. The van der Waals surface area contributed by atoms with Crippen molar-refractivity contribution < 1.29 is 23.6 Å². The van der Waals surface area contributed by atoms with Crippen LogP contribution in [0.1, 0.15) is 102 Å². The number of piperidine rings is 1. The van der Waals surface area contributed by atoms with Gasteiger partial charge in [0.2, 0.25) is 17.7 Å². The summed E-state index contributed by atoms with van der Waals surface area (Å²) in [4.78, 5) is 54.6. The Morgan fingerprint density at radius 2 is 1.62 bits per heavy atom. The van der Waals surface area contributed by atoms with E-state index < -0.39 is 35.6 Å². The highest BCUT2D eigenvalue weighted by Gasteiger charge is 2.35. The largest absolute Gasteiger partial charge is 0.344 e. The second-order valence-electron chi connectivity index (χ2n) is 12.9. The lowest BCUT2D eigenvalue weighted by Crippen LogP contribution is -2.52. The zero-order valence-corrected chi connectivity index (χ0v) is 27.3. The number of amides is 4. The highest BCUT2D eigenvalue weighted by Crippen LogP contribution is 2.32. The molecule has 1 aliphatic heterocycles. The van der Waals surface area contributed by atoms with Crippen LogP contribution in [0.15, 0.2) is 30.5 Å². The molecule has 0 radical (unpaired) electrons. The van der Waals surface area contributed by atoms with Gasteiger partial charge in [0, 0.05) is 38.2 Å². The lowest BCUT2D eigenvalue weighted by Gasteiger charge is -2.35. The van der Waals surface area contributed by atoms with Crippen molar-refractivity contribution in [3.8, 4) is 0 Å². The first-order chi connectivity index (χ1) is 21.5. The van der Waals surface area contributed by atoms with Crippen LogP contribution in [0, 0.1) is 23.6 Å². The molecule has 2 heterocycles. The summed E-state index contributed by atoms with van der Waals surface area (Å²) in [7, 11) is 0. The van der Waals surface area contributed by atoms with Gasteiger partial charge in [0.05, 0.1) is 5.69 Å². The third-order valence-electron chi connectivity index (χ3n) is 9.63. The third-order valence-corrected chi connectivity index (χ3v) is 9.63. The Morgan fingerprint density at radius 1 is 0.956 bits per heavy atom. The number of benzene rings is 1. The van der Waals surface area contributed by atoms with Gasteiger partial charge in [0.1, 0.15) is 23.6 Å². The van der Waals surface area contributed by atoms with E-state index in [2.05, 4.69) is 34.9 Å². The minimum absolute atomic E-state index is 0.0107. The monoisotopic (exact) mass is 624 g/mol. The number of hydrogen-bond donors (Lipinski definition) is 3. The Hall–Kier alpha value is -3.76. The van der Waals surface area contributed by atoms with E-state index >= 15 is 4.39 Å². The molecule has 3 N–H and O–H groups in total. The van der Waals surface area contributed by atoms with Crippen LogP contribution in [0.5, 0.6) is 0 Å². The second-order valence-corrected chi connectivity index (χ2v) is 12.9. The minimum Gasteiger partial charge on any atom is -0.344 e. The summed E-state index contributed by atoms with van der Waals surface area (Å²) in [6.45, 7) is 11.5. The van der Waals surface area contributed by atoms with E-state index in [0.29, 0.717) is 42.7 Å². The summed E-state index contributed by atoms with van der Waals surface area (Å²) in [6.07, 6.45) is 7.03. The molecule has 4 amide bonds. The summed E-state index contributed by atoms with van der Waals surface area (Å²) < 4.78 is 17.2. The van der Waals surface area contributed by atoms with Crippen molar-refractivity contribution in [2.24, 2.45) is 17.8 Å². The molecule has 2 aromatic rings. The van der Waals surface area contributed by atoms with E-state index in [9.17, 15) is 19.2 Å². The fraction of sp³-hybridized carbons (Fsp3) is 0.618. The molecule has 4 rings (SSSR count). The number of carbonyl (C=O) groups excluding carboxylic acids is 4. The summed E-state index contributed by atoms with van der Waals surface area (Å²) in [6, 6.07) is 4.40. The zero-order valence-electron chi connectivity index (χ0n) is 27.3. The maximum absolute atomic E-state index is 15.6. The molecule has 1 saturated heterocycles. The topological polar surface area (TPSA) is 125 Å². The number of nitrogens with zero attached hydrogens (tertiary/aromatic N) is 3. The Labute approximate surface area is 265 Å². The number of hydrogen-bond acceptors (Lipinski definition) is 5. The molecule has 11 heteroatoms. The molecule has 1 aliphatic carbocycles. The van der Waals surface area contributed by atoms with Crippen LogP contribution in [-0.2, 0) is 20.9 Å². The Morgan fingerprint density at radius 3 is 2.24 bits per heavy atom. The number of aryl methyl sites for hydroxylation is 1. The molecule has 10 nitrogen and oxygen atoms in total. The van der Waals surface area contributed by atoms with Gasteiger partial charge in [0.15, 0.2) is 0 Å². The highest BCUT2D eigenvalue weighted by atomic mass is 19.1. The average Bonchev–Trinajstić information content (AvgIpc) is 3.53. The number of halogens is 1. The van der Waals surface area contributed by atoms with Crippen molar-refractivity contribution in [2.45, 2.75) is 104 Å². The molecule has 2 aliphatic rings. The van der Waals surface area contributed by atoms with Crippen molar-refractivity contribution in [3.63, 3.8) is 0 Å². The van der Waals surface area contributed by atoms with Crippen molar-refractivity contribution in [2.75, 3.05) is 18.4 Å². The van der Waals surface area contributed by atoms with Gasteiger partial charge in [-0.3, -0.25) is 23.9 Å². The average molecular weight is 625 g/mol. The summed E-state index contributed by atoms with van der Waals surface area (Å²) in [5, 5.41) is 12.7. The molecule has 3 atom stereocenters. The van der Waals surface area contributed by atoms with Crippen LogP contribution < -0.4 is 16.0 Å². The number of anilines is 1. The molecular weight excluding hydrogens is 575 g/mol. The van der Waals surface area contributed by atoms with Crippen molar-refractivity contribution in [1.82, 2.24) is 25.3 Å². The van der Waals surface area contributed by atoms with E-state index in [0.717, 1.165) is 38.5 Å². The van der Waals surface area contributed by atoms with Gasteiger partial charge in [-0.05, 0) is 74.1 Å². The van der Waals surface area contributed by atoms with Crippen molar-refractivity contribution >= 4 is 29.3 Å². The summed E-state index contributed by atoms with van der Waals surface area (Å²) in [5.41, 5.74) is 0.885. The number of rotatable bonds is 11. The first kappa shape index (κ1) is 34.1. The SMILES string of the molecule is CCC(=O)N[C@@H](C(=O)N1CCC(C)CC1)[C@@H](C)c1ccc(NC(=O)[C@@H](NC(=O)c2ccnn2CC)C2CCC(C)CC2)c(F)c1. The fourth-order valence-electron chi connectivity index (χ4n) is 6.43. The molecule has 1 aromatic carbocycles. The van der Waals surface area contributed by atoms with Gasteiger partial charge < -0.3 is 20.9 Å². The Balaban J connectivity index is 1.52. The third kappa shape index (κ3) is 8.49. The first-order valence-electron chi connectivity index (χ1n) is 16.5. The number of aromatic nitrogens is 2. The van der Waals surface area contributed by atoms with E-state index in [-0.39, 0.29) is 29.8 Å². The smallest absolute Gasteiger partial charge is 0.270 e. The van der Waals surface area contributed by atoms with E-state index in [4.69, 9.17) is 0 Å². The van der Waals surface area contributed by atoms with E-state index in [1.54, 1.807) is 41.8 Å². The fourth-order valence-corrected chi connectivity index (χ4v) is 6.43. The standard InChI is InChI=1S/C34H49FN6O4/c1-6-29(42)38-30(34(45)40-18-15-22(4)16-19-40)23(5)25-12-13-27(26(35)20-25)37-33(44)31(24-10-8-21(3)9-11-24)39-32(43)28-14-17-36-41(28)7-2/h12-14,17,20-24,30-31H,6-11,15-16,18-19H2,1-5H3,(H,37,44)(H,38,42)(H,39,43)/t21?,23-,24?,30+,31-/m0/s1. The van der Waals surface area contributed by atoms with Gasteiger partial charge in [0.25, 0.3) is 5.91 Å². The molecule has 45 heavy (non-hydrogen) atoms. The Kier molecular flexibility index (Phi) is 11.7. The number of nitrogens with one attached hydrogen (secondary N) is 3. The van der Waals surface area contributed by atoms with E-state index in [1.165, 1.54) is 12.1 Å². The van der Waals surface area contributed by atoms with Crippen LogP contribution >= 0.6 is 0 Å². The van der Waals surface area contributed by atoms with Gasteiger partial charge in [-0.15, -0.1) is 0 Å². The van der Waals surface area contributed by atoms with Crippen LogP contribution in [0.2, 0.25) is 0 Å². The minimum atomic E-state index is -0.846. The number of likely N-dealkylation sites (tertiary alicyclic amines) is 1. The molecule has 0 spiro atoms. The molecule has 0 unspecified atom stereocenters. The molecule has 1 saturated carbocycles. The molecule has 0 bridgehead atoms. The van der Waals surface area contributed by atoms with Gasteiger partial charge in [-0.1, -0.05) is 46.6 Å². The molecule has 246 valence electrons. The van der Waals surface area contributed by atoms with Gasteiger partial charge in [-0.2, -0.15) is 5.10 Å². The predicted octanol–water partition coefficient (Wildman–Crippen LogP) is 4.86. The van der Waals surface area contributed by atoms with Crippen LogP contribution in [0.3, 0.4) is 0 Å². The van der Waals surface area contributed by atoms with Gasteiger partial charge >= 0.3 is 0 Å². The first-order valence-corrected chi connectivity index (χ1v) is 16.5. The van der Waals surface area contributed by atoms with Gasteiger partial charge in [-0.25, -0.2) is 4.39 Å². The normalized spacial score (nSPS) is 21.0. The summed E-state index contributed by atoms with van der Waals surface area (Å²) >= 11 is 0.